The van der Waals surface area contributed by atoms with Crippen LogP contribution < -0.4 is 5.56 Å². The summed E-state index contributed by atoms with van der Waals surface area (Å²) in [5, 5.41) is 0. The normalized spacial score (nSPS) is 13.5. The van der Waals surface area contributed by atoms with E-state index < -0.39 is 0 Å². The monoisotopic (exact) mass is 329 g/mol. The summed E-state index contributed by atoms with van der Waals surface area (Å²) in [6, 6.07) is 3.75. The van der Waals surface area contributed by atoms with Crippen molar-refractivity contribution in [1.82, 2.24) is 14.3 Å². The van der Waals surface area contributed by atoms with E-state index in [1.807, 2.05) is 31.0 Å². The molecular formula is C19H27N3O2. The van der Waals surface area contributed by atoms with Crippen LogP contribution in [0.2, 0.25) is 0 Å². The molecule has 0 saturated carbocycles. The zero-order valence-electron chi connectivity index (χ0n) is 15.5. The van der Waals surface area contributed by atoms with Gasteiger partial charge in [0.15, 0.2) is 0 Å². The fraction of sp³-hybridized carbons (Fsp3) is 0.526. The standard InChI is InChI=1S/C19H27N3O2/c1-7-16(13(2)23)21(6)12-14-11-20-17-10-15(19(3,4)5)8-9-22(17)18(14)24/h8-11,16H,7,12H2,1-6H3/t16-/m1/s1. The lowest BCUT2D eigenvalue weighted by molar-refractivity contribution is -0.122. The summed E-state index contributed by atoms with van der Waals surface area (Å²) >= 11 is 0. The van der Waals surface area contributed by atoms with E-state index in [9.17, 15) is 9.59 Å². The third kappa shape index (κ3) is 3.73. The number of nitrogens with zero attached hydrogens (tertiary/aromatic N) is 3. The van der Waals surface area contributed by atoms with Crippen LogP contribution in [0, 0.1) is 0 Å². The lowest BCUT2D eigenvalue weighted by Gasteiger charge is -2.24. The summed E-state index contributed by atoms with van der Waals surface area (Å²) in [5.74, 6) is 0.115. The highest BCUT2D eigenvalue weighted by Gasteiger charge is 2.19. The molecule has 5 heteroatoms. The van der Waals surface area contributed by atoms with Gasteiger partial charge in [-0.1, -0.05) is 27.7 Å². The average Bonchev–Trinajstić information content (AvgIpc) is 2.49. The molecule has 0 fully saturated rings. The largest absolute Gasteiger partial charge is 0.298 e. The van der Waals surface area contributed by atoms with Gasteiger partial charge < -0.3 is 0 Å². The fourth-order valence-corrected chi connectivity index (χ4v) is 2.98. The number of fused-ring (bicyclic) bond motifs is 1. The Balaban J connectivity index is 2.39. The number of ketones is 1. The molecule has 0 radical (unpaired) electrons. The predicted molar refractivity (Wildman–Crippen MR) is 96.4 cm³/mol. The van der Waals surface area contributed by atoms with E-state index in [0.717, 1.165) is 12.0 Å². The van der Waals surface area contributed by atoms with Crippen molar-refractivity contribution in [3.8, 4) is 0 Å². The third-order valence-electron chi connectivity index (χ3n) is 4.45. The Morgan fingerprint density at radius 3 is 2.58 bits per heavy atom. The van der Waals surface area contributed by atoms with Crippen molar-refractivity contribution < 1.29 is 4.79 Å². The number of likely N-dealkylation sites (N-methyl/N-ethyl adjacent to an activating group) is 1. The molecule has 0 N–H and O–H groups in total. The summed E-state index contributed by atoms with van der Waals surface area (Å²) in [6.45, 7) is 10.4. The molecule has 0 aliphatic rings. The lowest BCUT2D eigenvalue weighted by Crippen LogP contribution is -2.38. The number of pyridine rings is 1. The van der Waals surface area contributed by atoms with Crippen LogP contribution in [0.4, 0.5) is 0 Å². The Morgan fingerprint density at radius 1 is 1.38 bits per heavy atom. The van der Waals surface area contributed by atoms with Gasteiger partial charge in [-0.2, -0.15) is 0 Å². The Morgan fingerprint density at radius 2 is 2.04 bits per heavy atom. The van der Waals surface area contributed by atoms with E-state index in [1.54, 1.807) is 23.7 Å². The number of hydrogen-bond donors (Lipinski definition) is 0. The van der Waals surface area contributed by atoms with Gasteiger partial charge in [-0.3, -0.25) is 18.9 Å². The maximum atomic E-state index is 12.7. The second-order valence-corrected chi connectivity index (χ2v) is 7.43. The second-order valence-electron chi connectivity index (χ2n) is 7.43. The van der Waals surface area contributed by atoms with Gasteiger partial charge in [0, 0.05) is 18.9 Å². The van der Waals surface area contributed by atoms with Crippen molar-refractivity contribution in [2.45, 2.75) is 59.0 Å². The van der Waals surface area contributed by atoms with Gasteiger partial charge in [0.25, 0.3) is 5.56 Å². The Hall–Kier alpha value is -2.01. The van der Waals surface area contributed by atoms with Gasteiger partial charge >= 0.3 is 0 Å². The lowest BCUT2D eigenvalue weighted by atomic mass is 9.88. The van der Waals surface area contributed by atoms with Crippen LogP contribution in [0.15, 0.2) is 29.3 Å². The van der Waals surface area contributed by atoms with Crippen LogP contribution in [-0.4, -0.2) is 33.2 Å². The fourth-order valence-electron chi connectivity index (χ4n) is 2.98. The zero-order valence-corrected chi connectivity index (χ0v) is 15.5. The molecule has 24 heavy (non-hydrogen) atoms. The van der Waals surface area contributed by atoms with Gasteiger partial charge in [-0.05, 0) is 43.5 Å². The van der Waals surface area contributed by atoms with Gasteiger partial charge in [0.1, 0.15) is 11.4 Å². The first kappa shape index (κ1) is 18.3. The maximum Gasteiger partial charge on any atom is 0.262 e. The number of aromatic nitrogens is 2. The molecule has 0 saturated heterocycles. The smallest absolute Gasteiger partial charge is 0.262 e. The van der Waals surface area contributed by atoms with Crippen LogP contribution in [0.5, 0.6) is 0 Å². The summed E-state index contributed by atoms with van der Waals surface area (Å²) < 4.78 is 1.58. The molecular weight excluding hydrogens is 302 g/mol. The van der Waals surface area contributed by atoms with E-state index in [-0.39, 0.29) is 22.8 Å². The van der Waals surface area contributed by atoms with Crippen molar-refractivity contribution in [1.29, 1.82) is 0 Å². The first-order chi connectivity index (χ1) is 11.1. The van der Waals surface area contributed by atoms with E-state index in [4.69, 9.17) is 0 Å². The minimum atomic E-state index is -0.173. The summed E-state index contributed by atoms with van der Waals surface area (Å²) in [4.78, 5) is 30.8. The highest BCUT2D eigenvalue weighted by Crippen LogP contribution is 2.22. The molecule has 0 bridgehead atoms. The number of rotatable bonds is 5. The molecule has 130 valence electrons. The molecule has 2 aromatic rings. The minimum Gasteiger partial charge on any atom is -0.298 e. The molecule has 0 spiro atoms. The molecule has 2 rings (SSSR count). The zero-order chi connectivity index (χ0) is 18.1. The van der Waals surface area contributed by atoms with Crippen LogP contribution >= 0.6 is 0 Å². The molecule has 1 atom stereocenters. The number of Topliss-reactive ketones (excluding diaryl/α,β-unsaturated/α-hetero) is 1. The van der Waals surface area contributed by atoms with Crippen molar-refractivity contribution in [3.63, 3.8) is 0 Å². The van der Waals surface area contributed by atoms with Crippen LogP contribution in [-0.2, 0) is 16.8 Å². The highest BCUT2D eigenvalue weighted by molar-refractivity contribution is 5.81. The van der Waals surface area contributed by atoms with E-state index in [0.29, 0.717) is 17.8 Å². The van der Waals surface area contributed by atoms with Crippen molar-refractivity contribution in [2.75, 3.05) is 7.05 Å². The SMILES string of the molecule is CC[C@H](C(C)=O)N(C)Cc1cnc2cc(C(C)(C)C)ccn2c1=O. The average molecular weight is 329 g/mol. The first-order valence-corrected chi connectivity index (χ1v) is 8.36. The van der Waals surface area contributed by atoms with E-state index >= 15 is 0 Å². The van der Waals surface area contributed by atoms with Crippen molar-refractivity contribution >= 4 is 11.4 Å². The quantitative estimate of drug-likeness (QED) is 0.846. The molecule has 0 unspecified atom stereocenters. The second kappa shape index (κ2) is 6.85. The Bertz CT molecular complexity index is 802. The van der Waals surface area contributed by atoms with Gasteiger partial charge in [-0.25, -0.2) is 4.98 Å². The Kier molecular flexibility index (Phi) is 5.23. The summed E-state index contributed by atoms with van der Waals surface area (Å²) in [6.07, 6.45) is 4.15. The van der Waals surface area contributed by atoms with Crippen LogP contribution in [0.1, 0.15) is 52.2 Å². The van der Waals surface area contributed by atoms with Crippen LogP contribution in [0.25, 0.3) is 5.65 Å². The molecule has 2 aromatic heterocycles. The van der Waals surface area contributed by atoms with Gasteiger partial charge in [0.05, 0.1) is 11.6 Å². The van der Waals surface area contributed by atoms with Gasteiger partial charge in [0.2, 0.25) is 0 Å². The molecule has 0 aromatic carbocycles. The predicted octanol–water partition coefficient (Wildman–Crippen LogP) is 2.79. The van der Waals surface area contributed by atoms with E-state index in [1.165, 1.54) is 0 Å². The molecule has 0 amide bonds. The number of carbonyl (C=O) groups excluding carboxylic acids is 1. The number of carbonyl (C=O) groups is 1. The van der Waals surface area contributed by atoms with Crippen LogP contribution in [0.3, 0.4) is 0 Å². The maximum absolute atomic E-state index is 12.7. The third-order valence-corrected chi connectivity index (χ3v) is 4.45. The van der Waals surface area contributed by atoms with E-state index in [2.05, 4.69) is 25.8 Å². The Labute approximate surface area is 143 Å². The highest BCUT2D eigenvalue weighted by atomic mass is 16.1. The summed E-state index contributed by atoms with van der Waals surface area (Å²) in [5.41, 5.74) is 2.32. The van der Waals surface area contributed by atoms with Crippen molar-refractivity contribution in [2.24, 2.45) is 0 Å². The topological polar surface area (TPSA) is 54.7 Å². The molecule has 0 aliphatic heterocycles. The minimum absolute atomic E-state index is 0.00814. The summed E-state index contributed by atoms with van der Waals surface area (Å²) in [7, 11) is 1.87. The van der Waals surface area contributed by atoms with Gasteiger partial charge in [-0.15, -0.1) is 0 Å². The molecule has 2 heterocycles. The molecule has 0 aliphatic carbocycles. The van der Waals surface area contributed by atoms with Crippen molar-refractivity contribution in [3.05, 3.63) is 46.0 Å². The molecule has 5 nitrogen and oxygen atoms in total. The first-order valence-electron chi connectivity index (χ1n) is 8.36. The number of hydrogen-bond acceptors (Lipinski definition) is 4.